The number of halogens is 2. The van der Waals surface area contributed by atoms with Gasteiger partial charge in [-0.25, -0.2) is 9.59 Å². The summed E-state index contributed by atoms with van der Waals surface area (Å²) in [6.07, 6.45) is 21.2. The smallest absolute Gasteiger partial charge is 0.341 e. The largest absolute Gasteiger partial charge is 0.495 e. The molecule has 6 rings (SSSR count). The van der Waals surface area contributed by atoms with Crippen LogP contribution in [0, 0.1) is 69.5 Å². The van der Waals surface area contributed by atoms with E-state index >= 15 is 0 Å². The van der Waals surface area contributed by atoms with Crippen LogP contribution in [0.2, 0.25) is 0 Å². The highest BCUT2D eigenvalue weighted by atomic mass is 79.9. The van der Waals surface area contributed by atoms with Crippen LogP contribution in [0.1, 0.15) is 144 Å². The van der Waals surface area contributed by atoms with E-state index in [1.807, 2.05) is 12.1 Å². The molecule has 2 aromatic rings. The van der Waals surface area contributed by atoms with Crippen LogP contribution in [0.3, 0.4) is 0 Å². The molecule has 0 radical (unpaired) electrons. The van der Waals surface area contributed by atoms with Crippen molar-refractivity contribution in [2.24, 2.45) is 69.5 Å². The maximum absolute atomic E-state index is 13.1. The molecule has 336 valence electrons. The van der Waals surface area contributed by atoms with Gasteiger partial charge in [-0.15, -0.1) is 13.2 Å². The molecule has 4 fully saturated rings. The van der Waals surface area contributed by atoms with Crippen LogP contribution in [0.25, 0.3) is 0 Å². The average molecular weight is 967 g/mol. The minimum absolute atomic E-state index is 0.0700. The summed E-state index contributed by atoms with van der Waals surface area (Å²) in [5, 5.41) is 0. The first-order valence-corrected chi connectivity index (χ1v) is 24.8. The van der Waals surface area contributed by atoms with Crippen LogP contribution in [0.4, 0.5) is 0 Å². The van der Waals surface area contributed by atoms with Gasteiger partial charge in [0, 0.05) is 0 Å². The van der Waals surface area contributed by atoms with Crippen LogP contribution in [-0.4, -0.2) is 40.4 Å². The third-order valence-electron chi connectivity index (χ3n) is 17.3. The topological polar surface area (TPSA) is 71.1 Å². The fourth-order valence-corrected chi connectivity index (χ4v) is 16.1. The van der Waals surface area contributed by atoms with Gasteiger partial charge in [0.25, 0.3) is 0 Å². The van der Waals surface area contributed by atoms with Gasteiger partial charge in [0.2, 0.25) is 0 Å². The number of fused-ring (bicyclic) bond motifs is 5. The molecule has 2 unspecified atom stereocenters. The molecule has 0 spiro atoms. The maximum Gasteiger partial charge on any atom is 0.341 e. The quantitative estimate of drug-likeness (QED) is 0.116. The Hall–Kier alpha value is -2.58. The predicted molar refractivity (Wildman–Crippen MR) is 254 cm³/mol. The first-order valence-electron chi connectivity index (χ1n) is 23.2. The van der Waals surface area contributed by atoms with E-state index in [1.54, 1.807) is 14.2 Å². The molecule has 4 aliphatic carbocycles. The van der Waals surface area contributed by atoms with Crippen molar-refractivity contribution in [1.82, 2.24) is 0 Å². The number of carbonyl (C=O) groups is 2. The second-order valence-corrected chi connectivity index (χ2v) is 22.1. The van der Waals surface area contributed by atoms with E-state index in [-0.39, 0.29) is 22.7 Å². The molecule has 6 nitrogen and oxygen atoms in total. The Morgan fingerprint density at radius 1 is 0.721 bits per heavy atom. The van der Waals surface area contributed by atoms with Crippen molar-refractivity contribution >= 4 is 43.8 Å². The molecule has 0 saturated heterocycles. The summed E-state index contributed by atoms with van der Waals surface area (Å²) in [4.78, 5) is 26.3. The molecule has 0 heterocycles. The summed E-state index contributed by atoms with van der Waals surface area (Å²) in [5.41, 5.74) is 3.28. The molecule has 2 aromatic carbocycles. The molecule has 4 aliphatic rings. The maximum atomic E-state index is 13.1. The van der Waals surface area contributed by atoms with Gasteiger partial charge in [0.1, 0.15) is 22.6 Å². The molecule has 0 aliphatic heterocycles. The zero-order chi connectivity index (χ0) is 44.4. The second-order valence-electron chi connectivity index (χ2n) is 20.4. The fraction of sp³-hybridized carbons (Fsp3) is 0.660. The SMILES string of the molecule is C=CC(Cc1cc(Br)c(OC)c(C(=O)OC)c1)C1([C@@H](C=C)Cc2cc(Br)c(OC)c(C(=O)OC)c2)CCC[C@]2(C)[C@H]3CC[C@]4(C)[C@@H]([C@H](C)CCCC(C)C)CC[C@H]4[C@@H]3CC[C@@H]12. The third-order valence-corrected chi connectivity index (χ3v) is 18.5. The molecule has 11 atom stereocenters. The molecule has 61 heavy (non-hydrogen) atoms. The number of allylic oxidation sites excluding steroid dienone is 2. The van der Waals surface area contributed by atoms with Crippen LogP contribution in [0.5, 0.6) is 11.5 Å². The van der Waals surface area contributed by atoms with Gasteiger partial charge in [-0.1, -0.05) is 72.5 Å². The monoisotopic (exact) mass is 964 g/mol. The van der Waals surface area contributed by atoms with Gasteiger partial charge in [-0.05, 0) is 201 Å². The molecule has 0 aromatic heterocycles. The first-order chi connectivity index (χ1) is 29.1. The van der Waals surface area contributed by atoms with Crippen molar-refractivity contribution in [2.45, 2.75) is 125 Å². The molecule has 0 amide bonds. The van der Waals surface area contributed by atoms with E-state index in [2.05, 4.69) is 104 Å². The summed E-state index contributed by atoms with van der Waals surface area (Å²) in [7, 11) is 5.99. The Kier molecular flexibility index (Phi) is 15.4. The van der Waals surface area contributed by atoms with Crippen LogP contribution < -0.4 is 9.47 Å². The lowest BCUT2D eigenvalue weighted by Crippen LogP contribution is -2.60. The lowest BCUT2D eigenvalue weighted by atomic mass is 9.37. The molecular weight excluding hydrogens is 892 g/mol. The summed E-state index contributed by atoms with van der Waals surface area (Å²) < 4.78 is 23.3. The second kappa shape index (κ2) is 19.7. The van der Waals surface area contributed by atoms with Crippen molar-refractivity contribution in [3.05, 3.63) is 80.8 Å². The molecular formula is C53H74Br2O6. The summed E-state index contributed by atoms with van der Waals surface area (Å²) in [5.74, 6) is 5.30. The standard InChI is InChI=1S/C53H74Br2O6/c1-12-36(26-34-28-39(49(56)60-10)47(58-8)44(54)30-34)53(37(13-2)27-35-29-40(50(57)61-11)48(59-9)45(55)31-35)24-15-23-52(7)43-22-25-51(6)41(33(5)17-14-16-32(3)4)19-20-42(51)38(43)18-21-46(52)53/h12-13,28-33,36-38,41-43,46H,1-2,14-27H2,3-11H3/t33-,36+,37?,38+,41-,42+,43+,46-,51-,52-,53?/m1/s1. The van der Waals surface area contributed by atoms with Gasteiger partial charge in [-0.2, -0.15) is 0 Å². The number of esters is 2. The summed E-state index contributed by atoms with van der Waals surface area (Å²) >= 11 is 7.48. The predicted octanol–water partition coefficient (Wildman–Crippen LogP) is 14.3. The van der Waals surface area contributed by atoms with Crippen LogP contribution >= 0.6 is 31.9 Å². The van der Waals surface area contributed by atoms with E-state index in [0.717, 1.165) is 62.5 Å². The Labute approximate surface area is 385 Å². The summed E-state index contributed by atoms with van der Waals surface area (Å²) in [6, 6.07) is 8.10. The number of hydrogen-bond acceptors (Lipinski definition) is 6. The Morgan fingerprint density at radius 2 is 1.26 bits per heavy atom. The minimum atomic E-state index is -0.424. The van der Waals surface area contributed by atoms with Gasteiger partial charge in [0.05, 0.1) is 37.4 Å². The fourth-order valence-electron chi connectivity index (χ4n) is 14.8. The Morgan fingerprint density at radius 3 is 1.75 bits per heavy atom. The lowest BCUT2D eigenvalue weighted by molar-refractivity contribution is -0.176. The number of ether oxygens (including phenoxy) is 4. The van der Waals surface area contributed by atoms with E-state index in [9.17, 15) is 9.59 Å². The first kappa shape index (κ1) is 47.9. The number of hydrogen-bond donors (Lipinski definition) is 0. The van der Waals surface area contributed by atoms with Crippen LogP contribution in [0.15, 0.2) is 58.5 Å². The van der Waals surface area contributed by atoms with Crippen LogP contribution in [-0.2, 0) is 22.3 Å². The Bertz CT molecular complexity index is 1830. The zero-order valence-electron chi connectivity index (χ0n) is 38.7. The van der Waals surface area contributed by atoms with E-state index in [0.29, 0.717) is 52.7 Å². The average Bonchev–Trinajstić information content (AvgIpc) is 3.60. The molecule has 8 heteroatoms. The normalized spacial score (nSPS) is 30.9. The third kappa shape index (κ3) is 8.82. The number of methoxy groups -OCH3 is 4. The van der Waals surface area contributed by atoms with E-state index in [1.165, 1.54) is 78.4 Å². The number of carbonyl (C=O) groups excluding carboxylic acids is 2. The van der Waals surface area contributed by atoms with Crippen molar-refractivity contribution in [3.63, 3.8) is 0 Å². The van der Waals surface area contributed by atoms with Crippen molar-refractivity contribution < 1.29 is 28.5 Å². The van der Waals surface area contributed by atoms with Crippen molar-refractivity contribution in [1.29, 1.82) is 0 Å². The van der Waals surface area contributed by atoms with Gasteiger partial charge in [0.15, 0.2) is 0 Å². The highest BCUT2D eigenvalue weighted by Gasteiger charge is 2.65. The van der Waals surface area contributed by atoms with Gasteiger partial charge in [-0.3, -0.25) is 0 Å². The number of rotatable bonds is 17. The lowest BCUT2D eigenvalue weighted by Gasteiger charge is -2.67. The molecule has 0 N–H and O–H groups in total. The molecule has 0 bridgehead atoms. The molecule has 4 saturated carbocycles. The minimum Gasteiger partial charge on any atom is -0.495 e. The van der Waals surface area contributed by atoms with Crippen molar-refractivity contribution in [2.75, 3.05) is 28.4 Å². The summed E-state index contributed by atoms with van der Waals surface area (Å²) in [6.45, 7) is 21.9. The number of benzene rings is 2. The van der Waals surface area contributed by atoms with E-state index in [4.69, 9.17) is 18.9 Å². The highest BCUT2D eigenvalue weighted by molar-refractivity contribution is 9.11. The highest BCUT2D eigenvalue weighted by Crippen LogP contribution is 2.73. The zero-order valence-corrected chi connectivity index (χ0v) is 41.9. The van der Waals surface area contributed by atoms with Gasteiger partial charge >= 0.3 is 11.9 Å². The Balaban J connectivity index is 1.42. The van der Waals surface area contributed by atoms with Gasteiger partial charge < -0.3 is 18.9 Å². The van der Waals surface area contributed by atoms with Crippen molar-refractivity contribution in [3.8, 4) is 11.5 Å². The van der Waals surface area contributed by atoms with E-state index < -0.39 is 11.9 Å².